The summed E-state index contributed by atoms with van der Waals surface area (Å²) in [6.07, 6.45) is 1.75. The van der Waals surface area contributed by atoms with E-state index in [-0.39, 0.29) is 0 Å². The number of ether oxygens (including phenoxy) is 2. The highest BCUT2D eigenvalue weighted by atomic mass is 16.6. The summed E-state index contributed by atoms with van der Waals surface area (Å²) in [5, 5.41) is 0. The molecule has 0 heterocycles. The molecule has 0 saturated carbocycles. The molecule has 0 aromatic heterocycles. The third kappa shape index (κ3) is 3.82. The lowest BCUT2D eigenvalue weighted by Crippen LogP contribution is -2.31. The zero-order valence-corrected chi connectivity index (χ0v) is 10.7. The van der Waals surface area contributed by atoms with Crippen molar-refractivity contribution in [1.29, 1.82) is 0 Å². The minimum absolute atomic E-state index is 0.440. The summed E-state index contributed by atoms with van der Waals surface area (Å²) in [5.74, 6) is -1.14. The van der Waals surface area contributed by atoms with E-state index in [9.17, 15) is 9.59 Å². The number of carbonyl (C=O) groups excluding carboxylic acids is 2. The van der Waals surface area contributed by atoms with E-state index in [1.807, 2.05) is 31.2 Å². The van der Waals surface area contributed by atoms with E-state index in [2.05, 4.69) is 4.74 Å². The first kappa shape index (κ1) is 14.1. The first-order valence-corrected chi connectivity index (χ1v) is 5.47. The molecule has 0 spiro atoms. The molecule has 0 aliphatic heterocycles. The Bertz CT molecular complexity index is 445. The summed E-state index contributed by atoms with van der Waals surface area (Å²) in [6, 6.07) is 7.66. The molecule has 0 radical (unpaired) electrons. The van der Waals surface area contributed by atoms with Gasteiger partial charge < -0.3 is 9.47 Å². The SMILES string of the molecule is COC(=O)C(OC)C(=O)/C=C/c1ccc(C)cc1. The van der Waals surface area contributed by atoms with Crippen LogP contribution in [0.2, 0.25) is 0 Å². The van der Waals surface area contributed by atoms with E-state index in [1.54, 1.807) is 6.08 Å². The molecular formula is C14H16O4. The van der Waals surface area contributed by atoms with Crippen LogP contribution in [-0.4, -0.2) is 32.1 Å². The van der Waals surface area contributed by atoms with Gasteiger partial charge in [0.1, 0.15) is 0 Å². The molecule has 96 valence electrons. The molecule has 0 amide bonds. The summed E-state index contributed by atoms with van der Waals surface area (Å²) in [5.41, 5.74) is 2.02. The van der Waals surface area contributed by atoms with Crippen molar-refractivity contribution in [2.45, 2.75) is 13.0 Å². The van der Waals surface area contributed by atoms with Crippen LogP contribution in [0.25, 0.3) is 6.08 Å². The molecular weight excluding hydrogens is 232 g/mol. The van der Waals surface area contributed by atoms with Crippen LogP contribution in [0.15, 0.2) is 30.3 Å². The van der Waals surface area contributed by atoms with Crippen molar-refractivity contribution in [2.75, 3.05) is 14.2 Å². The fraction of sp³-hybridized carbons (Fsp3) is 0.286. The molecule has 0 saturated heterocycles. The summed E-state index contributed by atoms with van der Waals surface area (Å²) < 4.78 is 9.27. The van der Waals surface area contributed by atoms with Gasteiger partial charge in [0.2, 0.25) is 6.10 Å². The Morgan fingerprint density at radius 2 is 1.78 bits per heavy atom. The average molecular weight is 248 g/mol. The molecule has 4 heteroatoms. The van der Waals surface area contributed by atoms with E-state index in [4.69, 9.17) is 4.74 Å². The molecule has 1 unspecified atom stereocenters. The van der Waals surface area contributed by atoms with Crippen molar-refractivity contribution in [3.8, 4) is 0 Å². The number of aryl methyl sites for hydroxylation is 1. The lowest BCUT2D eigenvalue weighted by molar-refractivity contribution is -0.155. The van der Waals surface area contributed by atoms with E-state index in [1.165, 1.54) is 20.3 Å². The van der Waals surface area contributed by atoms with Gasteiger partial charge in [0.05, 0.1) is 7.11 Å². The number of rotatable bonds is 5. The van der Waals surface area contributed by atoms with Gasteiger partial charge in [-0.25, -0.2) is 4.79 Å². The Hall–Kier alpha value is -1.94. The molecule has 0 fully saturated rings. The zero-order chi connectivity index (χ0) is 13.5. The average Bonchev–Trinajstić information content (AvgIpc) is 2.38. The molecule has 0 aliphatic carbocycles. The first-order chi connectivity index (χ1) is 8.58. The lowest BCUT2D eigenvalue weighted by atomic mass is 10.1. The maximum atomic E-state index is 11.7. The minimum Gasteiger partial charge on any atom is -0.467 e. The van der Waals surface area contributed by atoms with Gasteiger partial charge in [-0.15, -0.1) is 0 Å². The van der Waals surface area contributed by atoms with Crippen molar-refractivity contribution >= 4 is 17.8 Å². The number of hydrogen-bond donors (Lipinski definition) is 0. The van der Waals surface area contributed by atoms with Gasteiger partial charge in [0.15, 0.2) is 5.78 Å². The standard InChI is InChI=1S/C14H16O4/c1-10-4-6-11(7-5-10)8-9-12(15)13(17-2)14(16)18-3/h4-9,13H,1-3H3/b9-8+. The van der Waals surface area contributed by atoms with Gasteiger partial charge in [-0.3, -0.25) is 4.79 Å². The van der Waals surface area contributed by atoms with Crippen molar-refractivity contribution in [2.24, 2.45) is 0 Å². The van der Waals surface area contributed by atoms with Crippen LogP contribution in [0, 0.1) is 6.92 Å². The van der Waals surface area contributed by atoms with E-state index in [0.717, 1.165) is 11.1 Å². The summed E-state index contributed by atoms with van der Waals surface area (Å²) in [6.45, 7) is 1.98. The van der Waals surface area contributed by atoms with Gasteiger partial charge in [-0.1, -0.05) is 35.9 Å². The van der Waals surface area contributed by atoms with Gasteiger partial charge in [0.25, 0.3) is 0 Å². The number of ketones is 1. The van der Waals surface area contributed by atoms with E-state index in [0.29, 0.717) is 0 Å². The number of benzene rings is 1. The van der Waals surface area contributed by atoms with Crippen LogP contribution < -0.4 is 0 Å². The highest BCUT2D eigenvalue weighted by molar-refractivity contribution is 6.09. The topological polar surface area (TPSA) is 52.6 Å². The van der Waals surface area contributed by atoms with Crippen LogP contribution in [0.1, 0.15) is 11.1 Å². The normalized spacial score (nSPS) is 12.4. The molecule has 1 aromatic rings. The van der Waals surface area contributed by atoms with Gasteiger partial charge in [-0.05, 0) is 18.6 Å². The first-order valence-electron chi connectivity index (χ1n) is 5.47. The Morgan fingerprint density at radius 3 is 2.28 bits per heavy atom. The van der Waals surface area contributed by atoms with Gasteiger partial charge in [-0.2, -0.15) is 0 Å². The van der Waals surface area contributed by atoms with Crippen LogP contribution >= 0.6 is 0 Å². The second kappa shape index (κ2) is 6.71. The van der Waals surface area contributed by atoms with Gasteiger partial charge >= 0.3 is 5.97 Å². The summed E-state index contributed by atoms with van der Waals surface area (Å²) in [4.78, 5) is 22.9. The zero-order valence-electron chi connectivity index (χ0n) is 10.7. The Morgan fingerprint density at radius 1 is 1.17 bits per heavy atom. The predicted molar refractivity (Wildman–Crippen MR) is 68.0 cm³/mol. The maximum Gasteiger partial charge on any atom is 0.343 e. The third-order valence-corrected chi connectivity index (χ3v) is 2.43. The summed E-state index contributed by atoms with van der Waals surface area (Å²) in [7, 11) is 2.50. The van der Waals surface area contributed by atoms with Crippen molar-refractivity contribution < 1.29 is 19.1 Å². The fourth-order valence-corrected chi connectivity index (χ4v) is 1.38. The summed E-state index contributed by atoms with van der Waals surface area (Å²) >= 11 is 0. The number of methoxy groups -OCH3 is 2. The molecule has 1 atom stereocenters. The maximum absolute atomic E-state index is 11.7. The third-order valence-electron chi connectivity index (χ3n) is 2.43. The quantitative estimate of drug-likeness (QED) is 0.452. The second-order valence-corrected chi connectivity index (χ2v) is 3.79. The number of carbonyl (C=O) groups is 2. The second-order valence-electron chi connectivity index (χ2n) is 3.79. The minimum atomic E-state index is -1.20. The molecule has 4 nitrogen and oxygen atoms in total. The molecule has 18 heavy (non-hydrogen) atoms. The Balaban J connectivity index is 2.74. The smallest absolute Gasteiger partial charge is 0.343 e. The predicted octanol–water partition coefficient (Wildman–Crippen LogP) is 1.77. The van der Waals surface area contributed by atoms with Crippen LogP contribution in [0.4, 0.5) is 0 Å². The largest absolute Gasteiger partial charge is 0.467 e. The van der Waals surface area contributed by atoms with Crippen LogP contribution in [0.5, 0.6) is 0 Å². The Labute approximate surface area is 106 Å². The van der Waals surface area contributed by atoms with E-state index >= 15 is 0 Å². The molecule has 0 aliphatic rings. The molecule has 1 rings (SSSR count). The fourth-order valence-electron chi connectivity index (χ4n) is 1.38. The van der Waals surface area contributed by atoms with Crippen LogP contribution in [0.3, 0.4) is 0 Å². The highest BCUT2D eigenvalue weighted by Gasteiger charge is 2.24. The lowest BCUT2D eigenvalue weighted by Gasteiger charge is -2.08. The highest BCUT2D eigenvalue weighted by Crippen LogP contribution is 2.06. The van der Waals surface area contributed by atoms with Crippen molar-refractivity contribution in [3.05, 3.63) is 41.5 Å². The molecule has 0 N–H and O–H groups in total. The Kier molecular flexibility index (Phi) is 5.27. The molecule has 1 aromatic carbocycles. The van der Waals surface area contributed by atoms with Crippen LogP contribution in [-0.2, 0) is 19.1 Å². The monoisotopic (exact) mass is 248 g/mol. The number of hydrogen-bond acceptors (Lipinski definition) is 4. The van der Waals surface area contributed by atoms with E-state index < -0.39 is 17.9 Å². The number of esters is 1. The van der Waals surface area contributed by atoms with Gasteiger partial charge in [0, 0.05) is 7.11 Å². The molecule has 0 bridgehead atoms. The van der Waals surface area contributed by atoms with Crippen molar-refractivity contribution in [1.82, 2.24) is 0 Å². The van der Waals surface area contributed by atoms with Crippen molar-refractivity contribution in [3.63, 3.8) is 0 Å².